The molecule has 0 bridgehead atoms. The Labute approximate surface area is 103 Å². The first-order valence-electron chi connectivity index (χ1n) is 6.97. The summed E-state index contributed by atoms with van der Waals surface area (Å²) in [5.74, 6) is 0. The monoisotopic (exact) mass is 240 g/mol. The van der Waals surface area contributed by atoms with Crippen molar-refractivity contribution in [2.75, 3.05) is 39.4 Å². The highest BCUT2D eigenvalue weighted by molar-refractivity contribution is 4.93. The predicted molar refractivity (Wildman–Crippen MR) is 66.0 cm³/mol. The van der Waals surface area contributed by atoms with Crippen molar-refractivity contribution < 1.29 is 9.84 Å². The van der Waals surface area contributed by atoms with Gasteiger partial charge in [0.1, 0.15) is 0 Å². The van der Waals surface area contributed by atoms with Gasteiger partial charge in [-0.05, 0) is 25.7 Å². The van der Waals surface area contributed by atoms with E-state index in [0.717, 1.165) is 51.9 Å². The second-order valence-electron chi connectivity index (χ2n) is 6.14. The maximum absolute atomic E-state index is 9.60. The maximum Gasteiger partial charge on any atom is 0.0679 e. The molecule has 4 heteroatoms. The van der Waals surface area contributed by atoms with E-state index in [1.165, 1.54) is 19.3 Å². The highest BCUT2D eigenvalue weighted by atomic mass is 16.5. The van der Waals surface area contributed by atoms with Crippen molar-refractivity contribution in [2.45, 2.75) is 37.8 Å². The van der Waals surface area contributed by atoms with Crippen molar-refractivity contribution in [2.24, 2.45) is 5.41 Å². The lowest BCUT2D eigenvalue weighted by molar-refractivity contribution is 0.108. The molecule has 2 atom stereocenters. The second-order valence-corrected chi connectivity index (χ2v) is 6.14. The summed E-state index contributed by atoms with van der Waals surface area (Å²) >= 11 is 0. The molecule has 2 saturated heterocycles. The van der Waals surface area contributed by atoms with Crippen LogP contribution in [0.2, 0.25) is 0 Å². The molecule has 98 valence electrons. The minimum Gasteiger partial charge on any atom is -0.392 e. The molecule has 0 aromatic rings. The van der Waals surface area contributed by atoms with Crippen LogP contribution in [0.15, 0.2) is 0 Å². The van der Waals surface area contributed by atoms with E-state index >= 15 is 0 Å². The molecule has 3 rings (SSSR count). The molecule has 3 fully saturated rings. The lowest BCUT2D eigenvalue weighted by Gasteiger charge is -2.32. The van der Waals surface area contributed by atoms with Gasteiger partial charge in [0.2, 0.25) is 0 Å². The zero-order valence-electron chi connectivity index (χ0n) is 10.5. The summed E-state index contributed by atoms with van der Waals surface area (Å²) in [6.45, 7) is 5.87. The minimum atomic E-state index is -0.106. The predicted octanol–water partition coefficient (Wildman–Crippen LogP) is 0.212. The maximum atomic E-state index is 9.60. The molecule has 0 aromatic carbocycles. The molecule has 0 spiro atoms. The van der Waals surface area contributed by atoms with E-state index in [4.69, 9.17) is 4.74 Å². The van der Waals surface area contributed by atoms with Crippen molar-refractivity contribution in [3.63, 3.8) is 0 Å². The molecular weight excluding hydrogens is 216 g/mol. The van der Waals surface area contributed by atoms with E-state index < -0.39 is 0 Å². The van der Waals surface area contributed by atoms with Crippen LogP contribution in [0.25, 0.3) is 0 Å². The SMILES string of the molecule is OC1CCN(CC2(CNC3CC3)CCOC2)C1. The Balaban J connectivity index is 1.54. The van der Waals surface area contributed by atoms with E-state index in [2.05, 4.69) is 10.2 Å². The third-order valence-corrected chi connectivity index (χ3v) is 4.33. The van der Waals surface area contributed by atoms with E-state index in [1.54, 1.807) is 0 Å². The van der Waals surface area contributed by atoms with Gasteiger partial charge in [0.15, 0.2) is 0 Å². The summed E-state index contributed by atoms with van der Waals surface area (Å²) in [5, 5.41) is 13.3. The van der Waals surface area contributed by atoms with Crippen LogP contribution in [-0.4, -0.2) is 61.5 Å². The first-order valence-corrected chi connectivity index (χ1v) is 6.97. The average molecular weight is 240 g/mol. The summed E-state index contributed by atoms with van der Waals surface area (Å²) < 4.78 is 5.62. The van der Waals surface area contributed by atoms with Gasteiger partial charge >= 0.3 is 0 Å². The van der Waals surface area contributed by atoms with Crippen molar-refractivity contribution in [1.29, 1.82) is 0 Å². The quantitative estimate of drug-likeness (QED) is 0.721. The van der Waals surface area contributed by atoms with E-state index in [9.17, 15) is 5.11 Å². The molecule has 0 aromatic heterocycles. The van der Waals surface area contributed by atoms with Crippen LogP contribution in [0.5, 0.6) is 0 Å². The van der Waals surface area contributed by atoms with Gasteiger partial charge in [-0.15, -0.1) is 0 Å². The Morgan fingerprint density at radius 3 is 2.82 bits per heavy atom. The van der Waals surface area contributed by atoms with Crippen molar-refractivity contribution >= 4 is 0 Å². The van der Waals surface area contributed by atoms with Crippen LogP contribution in [0.1, 0.15) is 25.7 Å². The number of ether oxygens (including phenoxy) is 1. The van der Waals surface area contributed by atoms with E-state index in [-0.39, 0.29) is 6.10 Å². The normalized spacial score (nSPS) is 39.0. The zero-order chi connectivity index (χ0) is 11.7. The first-order chi connectivity index (χ1) is 8.26. The second kappa shape index (κ2) is 4.84. The van der Waals surface area contributed by atoms with Crippen LogP contribution < -0.4 is 5.32 Å². The van der Waals surface area contributed by atoms with Gasteiger partial charge in [0.05, 0.1) is 12.7 Å². The fraction of sp³-hybridized carbons (Fsp3) is 1.00. The Bertz CT molecular complexity index is 262. The first kappa shape index (κ1) is 11.9. The molecule has 2 heterocycles. The summed E-state index contributed by atoms with van der Waals surface area (Å²) in [7, 11) is 0. The summed E-state index contributed by atoms with van der Waals surface area (Å²) in [6, 6.07) is 0.775. The van der Waals surface area contributed by atoms with E-state index in [0.29, 0.717) is 5.41 Å². The van der Waals surface area contributed by atoms with Gasteiger partial charge in [-0.1, -0.05) is 0 Å². The number of rotatable bonds is 5. The number of aliphatic hydroxyl groups is 1. The van der Waals surface area contributed by atoms with Gasteiger partial charge in [-0.3, -0.25) is 4.90 Å². The number of nitrogens with zero attached hydrogens (tertiary/aromatic N) is 1. The van der Waals surface area contributed by atoms with Crippen LogP contribution in [0.4, 0.5) is 0 Å². The summed E-state index contributed by atoms with van der Waals surface area (Å²) in [6.07, 6.45) is 4.69. The van der Waals surface area contributed by atoms with Crippen molar-refractivity contribution in [3.8, 4) is 0 Å². The van der Waals surface area contributed by atoms with Gasteiger partial charge in [0.25, 0.3) is 0 Å². The number of hydrogen-bond acceptors (Lipinski definition) is 4. The number of likely N-dealkylation sites (tertiary alicyclic amines) is 1. The Hall–Kier alpha value is -0.160. The highest BCUT2D eigenvalue weighted by Crippen LogP contribution is 2.31. The van der Waals surface area contributed by atoms with Crippen LogP contribution in [0, 0.1) is 5.41 Å². The zero-order valence-corrected chi connectivity index (χ0v) is 10.5. The van der Waals surface area contributed by atoms with Crippen molar-refractivity contribution in [3.05, 3.63) is 0 Å². The van der Waals surface area contributed by atoms with Crippen LogP contribution >= 0.6 is 0 Å². The topological polar surface area (TPSA) is 44.7 Å². The average Bonchev–Trinajstić information content (AvgIpc) is 2.90. The summed E-state index contributed by atoms with van der Waals surface area (Å²) in [5.41, 5.74) is 0.298. The smallest absolute Gasteiger partial charge is 0.0679 e. The third-order valence-electron chi connectivity index (χ3n) is 4.33. The summed E-state index contributed by atoms with van der Waals surface area (Å²) in [4.78, 5) is 2.41. The molecular formula is C13H24N2O2. The number of hydrogen-bond donors (Lipinski definition) is 2. The molecule has 3 aliphatic rings. The van der Waals surface area contributed by atoms with Gasteiger partial charge in [-0.2, -0.15) is 0 Å². The largest absolute Gasteiger partial charge is 0.392 e. The minimum absolute atomic E-state index is 0.106. The molecule has 2 aliphatic heterocycles. The fourth-order valence-electron chi connectivity index (χ4n) is 3.05. The Morgan fingerprint density at radius 2 is 2.24 bits per heavy atom. The number of β-amino-alcohol motifs (C(OH)–C–C–N with tert-alkyl or cyclic N) is 1. The number of aliphatic hydroxyl groups excluding tert-OH is 1. The molecule has 1 aliphatic carbocycles. The standard InChI is InChI=1S/C13H24N2O2/c16-12-3-5-15(7-12)9-13(4-6-17-10-13)8-14-11-1-2-11/h11-12,14,16H,1-10H2. The molecule has 2 unspecified atom stereocenters. The van der Waals surface area contributed by atoms with Crippen LogP contribution in [0.3, 0.4) is 0 Å². The Morgan fingerprint density at radius 1 is 1.35 bits per heavy atom. The molecule has 4 nitrogen and oxygen atoms in total. The molecule has 0 radical (unpaired) electrons. The van der Waals surface area contributed by atoms with Gasteiger partial charge in [-0.25, -0.2) is 0 Å². The van der Waals surface area contributed by atoms with Gasteiger partial charge in [0, 0.05) is 44.2 Å². The molecule has 17 heavy (non-hydrogen) atoms. The van der Waals surface area contributed by atoms with Gasteiger partial charge < -0.3 is 15.2 Å². The highest BCUT2D eigenvalue weighted by Gasteiger charge is 2.39. The Kier molecular flexibility index (Phi) is 3.39. The third kappa shape index (κ3) is 2.99. The van der Waals surface area contributed by atoms with Crippen molar-refractivity contribution in [1.82, 2.24) is 10.2 Å². The number of nitrogens with one attached hydrogen (secondary N) is 1. The molecule has 2 N–H and O–H groups in total. The fourth-order valence-corrected chi connectivity index (χ4v) is 3.05. The lowest BCUT2D eigenvalue weighted by atomic mass is 9.86. The molecule has 0 amide bonds. The van der Waals surface area contributed by atoms with E-state index in [1.807, 2.05) is 0 Å². The lowest BCUT2D eigenvalue weighted by Crippen LogP contribution is -2.44. The molecule has 1 saturated carbocycles. The van der Waals surface area contributed by atoms with Crippen LogP contribution in [-0.2, 0) is 4.74 Å².